The van der Waals surface area contributed by atoms with Crippen LogP contribution in [0.3, 0.4) is 0 Å². The van der Waals surface area contributed by atoms with Crippen molar-refractivity contribution in [3.05, 3.63) is 12.2 Å². The molecule has 0 heterocycles. The Morgan fingerprint density at radius 3 is 2.26 bits per heavy atom. The number of carbonyl (C=O) groups excluding carboxylic acids is 3. The van der Waals surface area contributed by atoms with Crippen molar-refractivity contribution in [2.24, 2.45) is 0 Å². The lowest BCUT2D eigenvalue weighted by atomic mass is 10.1. The molecule has 0 aromatic heterocycles. The van der Waals surface area contributed by atoms with E-state index in [2.05, 4.69) is 13.5 Å². The summed E-state index contributed by atoms with van der Waals surface area (Å²) in [4.78, 5) is 36.2. The highest BCUT2D eigenvalue weighted by Crippen LogP contribution is 2.13. The molecule has 0 radical (unpaired) electrons. The molecule has 23 heavy (non-hydrogen) atoms. The first-order valence-corrected chi connectivity index (χ1v) is 8.06. The van der Waals surface area contributed by atoms with Crippen LogP contribution in [-0.4, -0.2) is 49.6 Å². The molecular weight excluding hydrogens is 298 g/mol. The van der Waals surface area contributed by atoms with Crippen molar-refractivity contribution in [2.45, 2.75) is 58.5 Å². The molecule has 0 aliphatic carbocycles. The molecule has 0 fully saturated rings. The van der Waals surface area contributed by atoms with Gasteiger partial charge in [0.25, 0.3) is 5.91 Å². The van der Waals surface area contributed by atoms with Crippen LogP contribution in [0.1, 0.15) is 52.4 Å². The minimum Gasteiger partial charge on any atom is -0.462 e. The van der Waals surface area contributed by atoms with Gasteiger partial charge in [-0.1, -0.05) is 39.7 Å². The van der Waals surface area contributed by atoms with Crippen LogP contribution in [0.5, 0.6) is 0 Å². The third-order valence-corrected chi connectivity index (χ3v) is 3.26. The summed E-state index contributed by atoms with van der Waals surface area (Å²) < 4.78 is 10.2. The number of esters is 2. The molecule has 0 spiro atoms. The van der Waals surface area contributed by atoms with Gasteiger partial charge < -0.3 is 14.4 Å². The third-order valence-electron chi connectivity index (χ3n) is 3.26. The van der Waals surface area contributed by atoms with Gasteiger partial charge in [-0.3, -0.25) is 9.59 Å². The number of hydrogen-bond acceptors (Lipinski definition) is 5. The lowest BCUT2D eigenvalue weighted by Gasteiger charge is -2.17. The largest absolute Gasteiger partial charge is 0.462 e. The van der Waals surface area contributed by atoms with Gasteiger partial charge in [0, 0.05) is 19.7 Å². The Morgan fingerprint density at radius 1 is 1.09 bits per heavy atom. The van der Waals surface area contributed by atoms with Crippen molar-refractivity contribution in [3.8, 4) is 0 Å². The summed E-state index contributed by atoms with van der Waals surface area (Å²) in [7, 11) is 3.12. The molecule has 1 atom stereocenters. The summed E-state index contributed by atoms with van der Waals surface area (Å²) >= 11 is 0. The van der Waals surface area contributed by atoms with Gasteiger partial charge in [0.15, 0.2) is 6.61 Å². The SMILES string of the molecule is C=C(CC(=O)OC(CCC)CCCC)C(=O)OCC(=O)N(C)C. The molecule has 6 nitrogen and oxygen atoms in total. The van der Waals surface area contributed by atoms with Crippen molar-refractivity contribution in [2.75, 3.05) is 20.7 Å². The van der Waals surface area contributed by atoms with Gasteiger partial charge in [-0.15, -0.1) is 0 Å². The van der Waals surface area contributed by atoms with Crippen LogP contribution in [0.15, 0.2) is 12.2 Å². The molecule has 132 valence electrons. The lowest BCUT2D eigenvalue weighted by molar-refractivity contribution is -0.152. The van der Waals surface area contributed by atoms with Crippen LogP contribution in [0.4, 0.5) is 0 Å². The molecule has 0 saturated heterocycles. The first-order valence-electron chi connectivity index (χ1n) is 8.06. The maximum atomic E-state index is 11.9. The molecule has 0 aliphatic rings. The van der Waals surface area contributed by atoms with Crippen LogP contribution in [0.2, 0.25) is 0 Å². The van der Waals surface area contributed by atoms with Crippen LogP contribution < -0.4 is 0 Å². The van der Waals surface area contributed by atoms with E-state index in [4.69, 9.17) is 9.47 Å². The van der Waals surface area contributed by atoms with Crippen molar-refractivity contribution in [1.82, 2.24) is 4.90 Å². The lowest BCUT2D eigenvalue weighted by Crippen LogP contribution is -2.28. The molecule has 0 bridgehead atoms. The third kappa shape index (κ3) is 9.71. The predicted molar refractivity (Wildman–Crippen MR) is 87.7 cm³/mol. The van der Waals surface area contributed by atoms with E-state index in [1.165, 1.54) is 4.90 Å². The number of nitrogens with zero attached hydrogens (tertiary/aromatic N) is 1. The van der Waals surface area contributed by atoms with E-state index in [0.717, 1.165) is 32.1 Å². The Balaban J connectivity index is 4.27. The maximum Gasteiger partial charge on any atom is 0.334 e. The smallest absolute Gasteiger partial charge is 0.334 e. The summed E-state index contributed by atoms with van der Waals surface area (Å²) in [5.41, 5.74) is -0.00713. The van der Waals surface area contributed by atoms with Gasteiger partial charge in [-0.2, -0.15) is 0 Å². The van der Waals surface area contributed by atoms with E-state index in [1.54, 1.807) is 14.1 Å². The second-order valence-corrected chi connectivity index (χ2v) is 5.69. The van der Waals surface area contributed by atoms with E-state index in [1.807, 2.05) is 6.92 Å². The second kappa shape index (κ2) is 11.7. The van der Waals surface area contributed by atoms with E-state index in [9.17, 15) is 14.4 Å². The maximum absolute atomic E-state index is 11.9. The Kier molecular flexibility index (Phi) is 10.7. The predicted octanol–water partition coefficient (Wildman–Crippen LogP) is 2.47. The number of unbranched alkanes of at least 4 members (excludes halogenated alkanes) is 1. The van der Waals surface area contributed by atoms with Crippen molar-refractivity contribution in [1.29, 1.82) is 0 Å². The molecule has 0 rings (SSSR count). The van der Waals surface area contributed by atoms with Crippen molar-refractivity contribution < 1.29 is 23.9 Å². The highest BCUT2D eigenvalue weighted by atomic mass is 16.5. The zero-order valence-electron chi connectivity index (χ0n) is 14.7. The fraction of sp³-hybridized carbons (Fsp3) is 0.706. The minimum atomic E-state index is -0.752. The molecule has 1 unspecified atom stereocenters. The van der Waals surface area contributed by atoms with E-state index in [0.29, 0.717) is 0 Å². The standard InChI is InChI=1S/C17H29NO5/c1-6-8-10-14(9-7-2)23-16(20)11-13(3)17(21)22-12-15(19)18(4)5/h14H,3,6-12H2,1-2,4-5H3. The topological polar surface area (TPSA) is 72.9 Å². The van der Waals surface area contributed by atoms with Gasteiger partial charge in [0.05, 0.1) is 6.42 Å². The number of likely N-dealkylation sites (N-methyl/N-ethyl adjacent to an activating group) is 1. The molecule has 0 N–H and O–H groups in total. The fourth-order valence-corrected chi connectivity index (χ4v) is 1.85. The first-order chi connectivity index (χ1) is 10.8. The Morgan fingerprint density at radius 2 is 1.74 bits per heavy atom. The average Bonchev–Trinajstić information content (AvgIpc) is 2.49. The van der Waals surface area contributed by atoms with Gasteiger partial charge >= 0.3 is 11.9 Å². The number of rotatable bonds is 11. The zero-order chi connectivity index (χ0) is 17.8. The quantitative estimate of drug-likeness (QED) is 0.430. The monoisotopic (exact) mass is 327 g/mol. The second-order valence-electron chi connectivity index (χ2n) is 5.69. The van der Waals surface area contributed by atoms with Gasteiger partial charge in [0.2, 0.25) is 0 Å². The number of carbonyl (C=O) groups is 3. The molecule has 0 saturated carbocycles. The van der Waals surface area contributed by atoms with Crippen LogP contribution >= 0.6 is 0 Å². The van der Waals surface area contributed by atoms with Gasteiger partial charge in [0.1, 0.15) is 6.10 Å². The number of hydrogen-bond donors (Lipinski definition) is 0. The fourth-order valence-electron chi connectivity index (χ4n) is 1.85. The Labute approximate surface area is 138 Å². The highest BCUT2D eigenvalue weighted by molar-refractivity contribution is 5.94. The highest BCUT2D eigenvalue weighted by Gasteiger charge is 2.19. The van der Waals surface area contributed by atoms with Gasteiger partial charge in [-0.05, 0) is 12.8 Å². The molecule has 1 amide bonds. The van der Waals surface area contributed by atoms with E-state index >= 15 is 0 Å². The molecule has 0 aromatic carbocycles. The minimum absolute atomic E-state index is 0.00713. The summed E-state index contributed by atoms with van der Waals surface area (Å²) in [5.74, 6) is -1.57. The molecular formula is C17H29NO5. The van der Waals surface area contributed by atoms with E-state index < -0.39 is 11.9 Å². The summed E-state index contributed by atoms with van der Waals surface area (Å²) in [5, 5.41) is 0. The van der Waals surface area contributed by atoms with Gasteiger partial charge in [-0.25, -0.2) is 4.79 Å². The normalized spacial score (nSPS) is 11.5. The van der Waals surface area contributed by atoms with Crippen LogP contribution in [0, 0.1) is 0 Å². The summed E-state index contributed by atoms with van der Waals surface area (Å²) in [6, 6.07) is 0. The van der Waals surface area contributed by atoms with Crippen molar-refractivity contribution in [3.63, 3.8) is 0 Å². The Bertz CT molecular complexity index is 417. The number of ether oxygens (including phenoxy) is 2. The molecule has 6 heteroatoms. The first kappa shape index (κ1) is 21.1. The number of amides is 1. The van der Waals surface area contributed by atoms with Crippen LogP contribution in [0.25, 0.3) is 0 Å². The average molecular weight is 327 g/mol. The van der Waals surface area contributed by atoms with Crippen molar-refractivity contribution >= 4 is 17.8 Å². The zero-order valence-corrected chi connectivity index (χ0v) is 14.7. The van der Waals surface area contributed by atoms with E-state index in [-0.39, 0.29) is 30.6 Å². The molecule has 0 aromatic rings. The summed E-state index contributed by atoms with van der Waals surface area (Å²) in [6.45, 7) is 7.28. The molecule has 0 aliphatic heterocycles. The van der Waals surface area contributed by atoms with Crippen LogP contribution in [-0.2, 0) is 23.9 Å². The summed E-state index contributed by atoms with van der Waals surface area (Å²) in [6.07, 6.45) is 4.25. The Hall–Kier alpha value is -1.85.